The molecule has 1 aliphatic heterocycles. The van der Waals surface area contributed by atoms with Crippen LogP contribution >= 0.6 is 0 Å². The first-order valence-corrected chi connectivity index (χ1v) is 6.36. The molecule has 2 rings (SSSR count). The van der Waals surface area contributed by atoms with Gasteiger partial charge in [-0.25, -0.2) is 0 Å². The lowest BCUT2D eigenvalue weighted by Gasteiger charge is -2.35. The van der Waals surface area contributed by atoms with E-state index in [1.807, 2.05) is 12.1 Å². The molecule has 1 fully saturated rings. The summed E-state index contributed by atoms with van der Waals surface area (Å²) in [6.07, 6.45) is 1.70. The van der Waals surface area contributed by atoms with Gasteiger partial charge >= 0.3 is 0 Å². The van der Waals surface area contributed by atoms with Crippen LogP contribution in [0.25, 0.3) is 0 Å². The molecule has 1 aromatic carbocycles. The smallest absolute Gasteiger partial charge is 0.0678 e. The second kappa shape index (κ2) is 5.52. The number of nitrogen functional groups attached to an aromatic ring is 1. The van der Waals surface area contributed by atoms with Gasteiger partial charge in [0.2, 0.25) is 0 Å². The minimum Gasteiger partial charge on any atom is -0.399 e. The van der Waals surface area contributed by atoms with Crippen molar-refractivity contribution in [3.63, 3.8) is 0 Å². The fourth-order valence-electron chi connectivity index (χ4n) is 2.51. The van der Waals surface area contributed by atoms with Crippen molar-refractivity contribution in [3.8, 4) is 0 Å². The van der Waals surface area contributed by atoms with Crippen LogP contribution in [0.4, 0.5) is 5.69 Å². The molecule has 3 heteroatoms. The summed E-state index contributed by atoms with van der Waals surface area (Å²) in [6.45, 7) is 7.39. The molecule has 1 aromatic rings. The standard InChI is InChI=1S/C14H22N2O/c1-11-9-16(10-12(2)17-11)8-7-13-5-3-4-6-14(13)15/h3-6,11-12H,7-10,15H2,1-2H3. The predicted octanol–water partition coefficient (Wildman–Crippen LogP) is 1.92. The first-order chi connectivity index (χ1) is 8.15. The molecule has 0 amide bonds. The SMILES string of the molecule is CC1CN(CCc2ccccc2N)CC(C)O1. The van der Waals surface area contributed by atoms with Crippen molar-refractivity contribution < 1.29 is 4.74 Å². The highest BCUT2D eigenvalue weighted by molar-refractivity contribution is 5.46. The van der Waals surface area contributed by atoms with E-state index in [-0.39, 0.29) is 0 Å². The quantitative estimate of drug-likeness (QED) is 0.812. The Morgan fingerprint density at radius 2 is 1.88 bits per heavy atom. The summed E-state index contributed by atoms with van der Waals surface area (Å²) in [6, 6.07) is 8.12. The molecule has 0 bridgehead atoms. The van der Waals surface area contributed by atoms with Crippen molar-refractivity contribution in [2.24, 2.45) is 0 Å². The number of nitrogens with two attached hydrogens (primary N) is 1. The van der Waals surface area contributed by atoms with Crippen LogP contribution < -0.4 is 5.73 Å². The van der Waals surface area contributed by atoms with Crippen LogP contribution in [0.1, 0.15) is 19.4 Å². The minimum atomic E-state index is 0.340. The van der Waals surface area contributed by atoms with Crippen LogP contribution in [0.3, 0.4) is 0 Å². The average molecular weight is 234 g/mol. The third-order valence-electron chi connectivity index (χ3n) is 3.25. The van der Waals surface area contributed by atoms with E-state index in [1.165, 1.54) is 5.56 Å². The van der Waals surface area contributed by atoms with Crippen molar-refractivity contribution in [1.29, 1.82) is 0 Å². The number of hydrogen-bond acceptors (Lipinski definition) is 3. The molecule has 3 nitrogen and oxygen atoms in total. The molecule has 2 N–H and O–H groups in total. The fraction of sp³-hybridized carbons (Fsp3) is 0.571. The molecule has 1 aliphatic rings. The van der Waals surface area contributed by atoms with Gasteiger partial charge < -0.3 is 10.5 Å². The van der Waals surface area contributed by atoms with E-state index in [4.69, 9.17) is 10.5 Å². The Balaban J connectivity index is 1.88. The largest absolute Gasteiger partial charge is 0.399 e. The lowest BCUT2D eigenvalue weighted by Crippen LogP contribution is -2.46. The first-order valence-electron chi connectivity index (χ1n) is 6.36. The Morgan fingerprint density at radius 3 is 2.53 bits per heavy atom. The van der Waals surface area contributed by atoms with E-state index in [9.17, 15) is 0 Å². The van der Waals surface area contributed by atoms with Crippen molar-refractivity contribution in [2.75, 3.05) is 25.4 Å². The van der Waals surface area contributed by atoms with E-state index in [2.05, 4.69) is 30.9 Å². The number of ether oxygens (including phenoxy) is 1. The van der Waals surface area contributed by atoms with Gasteiger partial charge in [0.05, 0.1) is 12.2 Å². The Bertz CT molecular complexity index is 357. The van der Waals surface area contributed by atoms with Gasteiger partial charge in [0.25, 0.3) is 0 Å². The zero-order chi connectivity index (χ0) is 12.3. The number of rotatable bonds is 3. The lowest BCUT2D eigenvalue weighted by molar-refractivity contribution is -0.0675. The summed E-state index contributed by atoms with van der Waals surface area (Å²) in [4.78, 5) is 2.46. The summed E-state index contributed by atoms with van der Waals surface area (Å²) < 4.78 is 5.73. The number of nitrogens with zero attached hydrogens (tertiary/aromatic N) is 1. The first kappa shape index (κ1) is 12.4. The van der Waals surface area contributed by atoms with E-state index < -0.39 is 0 Å². The van der Waals surface area contributed by atoms with Gasteiger partial charge in [0.1, 0.15) is 0 Å². The summed E-state index contributed by atoms with van der Waals surface area (Å²) in [5.74, 6) is 0. The van der Waals surface area contributed by atoms with Crippen LogP contribution in [0.5, 0.6) is 0 Å². The minimum absolute atomic E-state index is 0.340. The van der Waals surface area contributed by atoms with Gasteiger partial charge in [-0.3, -0.25) is 4.90 Å². The van der Waals surface area contributed by atoms with Crippen molar-refractivity contribution >= 4 is 5.69 Å². The van der Waals surface area contributed by atoms with E-state index in [0.29, 0.717) is 12.2 Å². The van der Waals surface area contributed by atoms with Crippen LogP contribution in [0.2, 0.25) is 0 Å². The molecule has 0 radical (unpaired) electrons. The highest BCUT2D eigenvalue weighted by atomic mass is 16.5. The third kappa shape index (κ3) is 3.45. The molecule has 94 valence electrons. The third-order valence-corrected chi connectivity index (χ3v) is 3.25. The van der Waals surface area contributed by atoms with Crippen molar-refractivity contribution in [2.45, 2.75) is 32.5 Å². The van der Waals surface area contributed by atoms with Gasteiger partial charge in [-0.15, -0.1) is 0 Å². The zero-order valence-electron chi connectivity index (χ0n) is 10.7. The molecule has 0 spiro atoms. The summed E-state index contributed by atoms with van der Waals surface area (Å²) in [5.41, 5.74) is 8.10. The van der Waals surface area contributed by atoms with E-state index in [0.717, 1.165) is 31.7 Å². The van der Waals surface area contributed by atoms with Crippen LogP contribution in [0.15, 0.2) is 24.3 Å². The second-order valence-corrected chi connectivity index (χ2v) is 4.97. The van der Waals surface area contributed by atoms with Crippen LogP contribution in [0, 0.1) is 0 Å². The molecule has 0 aliphatic carbocycles. The molecule has 17 heavy (non-hydrogen) atoms. The molecule has 2 unspecified atom stereocenters. The maximum atomic E-state index is 5.95. The van der Waals surface area contributed by atoms with Crippen molar-refractivity contribution in [3.05, 3.63) is 29.8 Å². The molecular formula is C14H22N2O. The lowest BCUT2D eigenvalue weighted by atomic mass is 10.1. The number of hydrogen-bond donors (Lipinski definition) is 1. The van der Waals surface area contributed by atoms with Gasteiger partial charge in [0, 0.05) is 25.3 Å². The maximum Gasteiger partial charge on any atom is 0.0678 e. The molecule has 2 atom stereocenters. The van der Waals surface area contributed by atoms with E-state index >= 15 is 0 Å². The topological polar surface area (TPSA) is 38.5 Å². The summed E-state index contributed by atoms with van der Waals surface area (Å²) in [5, 5.41) is 0. The van der Waals surface area contributed by atoms with Gasteiger partial charge in [0.15, 0.2) is 0 Å². The predicted molar refractivity (Wildman–Crippen MR) is 71.0 cm³/mol. The second-order valence-electron chi connectivity index (χ2n) is 4.97. The number of morpholine rings is 1. The Kier molecular flexibility index (Phi) is 4.02. The number of para-hydroxylation sites is 1. The van der Waals surface area contributed by atoms with Gasteiger partial charge in [-0.05, 0) is 31.9 Å². The van der Waals surface area contributed by atoms with Crippen LogP contribution in [-0.4, -0.2) is 36.7 Å². The zero-order valence-corrected chi connectivity index (χ0v) is 10.7. The number of benzene rings is 1. The average Bonchev–Trinajstić information content (AvgIpc) is 2.27. The normalized spacial score (nSPS) is 26.0. The van der Waals surface area contributed by atoms with Gasteiger partial charge in [-0.2, -0.15) is 0 Å². The Hall–Kier alpha value is -1.06. The molecule has 1 saturated heterocycles. The van der Waals surface area contributed by atoms with Crippen molar-refractivity contribution in [1.82, 2.24) is 4.90 Å². The molecule has 0 aromatic heterocycles. The maximum absolute atomic E-state index is 5.95. The highest BCUT2D eigenvalue weighted by Crippen LogP contribution is 2.14. The number of anilines is 1. The van der Waals surface area contributed by atoms with Crippen LogP contribution in [-0.2, 0) is 11.2 Å². The molecule has 0 saturated carbocycles. The Labute approximate surface area is 104 Å². The Morgan fingerprint density at radius 1 is 1.24 bits per heavy atom. The summed E-state index contributed by atoms with van der Waals surface area (Å²) in [7, 11) is 0. The molecular weight excluding hydrogens is 212 g/mol. The van der Waals surface area contributed by atoms with Gasteiger partial charge in [-0.1, -0.05) is 18.2 Å². The fourth-order valence-corrected chi connectivity index (χ4v) is 2.51. The van der Waals surface area contributed by atoms with E-state index in [1.54, 1.807) is 0 Å². The highest BCUT2D eigenvalue weighted by Gasteiger charge is 2.21. The summed E-state index contributed by atoms with van der Waals surface area (Å²) >= 11 is 0. The monoisotopic (exact) mass is 234 g/mol. The molecule has 1 heterocycles.